The summed E-state index contributed by atoms with van der Waals surface area (Å²) >= 11 is 0. The number of amides is 2. The lowest BCUT2D eigenvalue weighted by molar-refractivity contribution is 0.0581. The predicted molar refractivity (Wildman–Crippen MR) is 94.5 cm³/mol. The Bertz CT molecular complexity index is 916. The third-order valence-electron chi connectivity index (χ3n) is 4.19. The van der Waals surface area contributed by atoms with Crippen molar-refractivity contribution in [2.75, 3.05) is 13.2 Å². The third kappa shape index (κ3) is 3.68. The fourth-order valence-corrected chi connectivity index (χ4v) is 2.77. The standard InChI is InChI=1S/C19H15N3O5/c20-10-12-5-6-13(21-26)9-17(12)27-11-14(23)7-8-22-18(24)15-3-1-2-4-16(15)19(22)25/h1-6,9,14,23H,7-8,11H2. The smallest absolute Gasteiger partial charge is 0.261 e. The number of nitrogens with zero attached hydrogens (tertiary/aromatic N) is 3. The van der Waals surface area contributed by atoms with E-state index in [1.54, 1.807) is 24.3 Å². The number of fused-ring (bicyclic) bond motifs is 1. The van der Waals surface area contributed by atoms with E-state index in [1.165, 1.54) is 18.2 Å². The molecule has 2 aromatic carbocycles. The average molecular weight is 365 g/mol. The first-order chi connectivity index (χ1) is 13.0. The van der Waals surface area contributed by atoms with Gasteiger partial charge in [-0.25, -0.2) is 0 Å². The van der Waals surface area contributed by atoms with E-state index in [9.17, 15) is 19.6 Å². The first-order valence-corrected chi connectivity index (χ1v) is 8.18. The number of hydrogen-bond donors (Lipinski definition) is 1. The minimum absolute atomic E-state index is 0.0396. The number of rotatable bonds is 7. The van der Waals surface area contributed by atoms with E-state index in [1.807, 2.05) is 6.07 Å². The Kier molecular flexibility index (Phi) is 5.24. The van der Waals surface area contributed by atoms with E-state index in [0.29, 0.717) is 11.1 Å². The van der Waals surface area contributed by atoms with E-state index in [-0.39, 0.29) is 48.4 Å². The maximum Gasteiger partial charge on any atom is 0.261 e. The van der Waals surface area contributed by atoms with E-state index in [4.69, 9.17) is 10.00 Å². The van der Waals surface area contributed by atoms with Gasteiger partial charge in [-0.15, -0.1) is 4.91 Å². The summed E-state index contributed by atoms with van der Waals surface area (Å²) in [5.74, 6) is -0.644. The molecule has 0 saturated heterocycles. The van der Waals surface area contributed by atoms with Crippen molar-refractivity contribution in [3.8, 4) is 11.8 Å². The van der Waals surface area contributed by atoms with Gasteiger partial charge in [0.05, 0.1) is 22.8 Å². The summed E-state index contributed by atoms with van der Waals surface area (Å²) in [6.45, 7) is -0.127. The fourth-order valence-electron chi connectivity index (χ4n) is 2.77. The monoisotopic (exact) mass is 365 g/mol. The van der Waals surface area contributed by atoms with Gasteiger partial charge in [-0.05, 0) is 35.9 Å². The second kappa shape index (κ2) is 7.76. The number of nitriles is 1. The quantitative estimate of drug-likeness (QED) is 0.594. The molecule has 0 aliphatic carbocycles. The summed E-state index contributed by atoms with van der Waals surface area (Å²) in [7, 11) is 0. The molecule has 1 heterocycles. The summed E-state index contributed by atoms with van der Waals surface area (Å²) in [6.07, 6.45) is -0.868. The molecule has 0 saturated carbocycles. The van der Waals surface area contributed by atoms with Crippen LogP contribution in [0.5, 0.6) is 5.75 Å². The molecule has 0 spiro atoms. The van der Waals surface area contributed by atoms with Gasteiger partial charge in [0, 0.05) is 12.6 Å². The second-order valence-electron chi connectivity index (χ2n) is 5.94. The number of aliphatic hydroxyl groups excluding tert-OH is 1. The molecule has 0 radical (unpaired) electrons. The van der Waals surface area contributed by atoms with Crippen LogP contribution in [-0.2, 0) is 0 Å². The van der Waals surface area contributed by atoms with Crippen LogP contribution in [0.15, 0.2) is 47.6 Å². The van der Waals surface area contributed by atoms with Gasteiger partial charge in [-0.2, -0.15) is 5.26 Å². The van der Waals surface area contributed by atoms with Crippen LogP contribution >= 0.6 is 0 Å². The van der Waals surface area contributed by atoms with Crippen LogP contribution in [0.1, 0.15) is 32.7 Å². The minimum atomic E-state index is -0.978. The van der Waals surface area contributed by atoms with Gasteiger partial charge in [0.25, 0.3) is 11.8 Å². The van der Waals surface area contributed by atoms with Crippen LogP contribution in [0, 0.1) is 16.2 Å². The van der Waals surface area contributed by atoms with Crippen molar-refractivity contribution in [3.63, 3.8) is 0 Å². The largest absolute Gasteiger partial charge is 0.489 e. The van der Waals surface area contributed by atoms with Gasteiger partial charge in [-0.3, -0.25) is 14.5 Å². The molecule has 0 aromatic heterocycles. The summed E-state index contributed by atoms with van der Waals surface area (Å²) in [5.41, 5.74) is 1.01. The van der Waals surface area contributed by atoms with Gasteiger partial charge in [0.1, 0.15) is 24.1 Å². The molecule has 1 N–H and O–H groups in total. The van der Waals surface area contributed by atoms with Crippen molar-refractivity contribution in [3.05, 3.63) is 64.1 Å². The number of aliphatic hydroxyl groups is 1. The molecule has 0 bridgehead atoms. The van der Waals surface area contributed by atoms with Crippen LogP contribution in [-0.4, -0.2) is 41.1 Å². The van der Waals surface area contributed by atoms with E-state index >= 15 is 0 Å². The van der Waals surface area contributed by atoms with E-state index < -0.39 is 6.10 Å². The lowest BCUT2D eigenvalue weighted by Crippen LogP contribution is -2.33. The SMILES string of the molecule is N#Cc1ccc(N=O)cc1OCC(O)CCN1C(=O)c2ccccc2C1=O. The first-order valence-electron chi connectivity index (χ1n) is 8.18. The Labute approximate surface area is 154 Å². The molecule has 2 amide bonds. The zero-order chi connectivity index (χ0) is 19.4. The normalized spacial score (nSPS) is 13.9. The zero-order valence-corrected chi connectivity index (χ0v) is 14.2. The van der Waals surface area contributed by atoms with Crippen molar-refractivity contribution in [2.24, 2.45) is 5.18 Å². The molecule has 136 valence electrons. The summed E-state index contributed by atoms with van der Waals surface area (Å²) in [4.78, 5) is 36.2. The molecule has 8 nitrogen and oxygen atoms in total. The zero-order valence-electron chi connectivity index (χ0n) is 14.2. The first kappa shape index (κ1) is 18.2. The van der Waals surface area contributed by atoms with Crippen molar-refractivity contribution in [1.29, 1.82) is 5.26 Å². The molecule has 2 aromatic rings. The van der Waals surface area contributed by atoms with Crippen LogP contribution < -0.4 is 4.74 Å². The fraction of sp³-hybridized carbons (Fsp3) is 0.211. The lowest BCUT2D eigenvalue weighted by Gasteiger charge is -2.17. The highest BCUT2D eigenvalue weighted by atomic mass is 16.5. The Morgan fingerprint density at radius 2 is 1.81 bits per heavy atom. The highest BCUT2D eigenvalue weighted by Gasteiger charge is 2.34. The second-order valence-corrected chi connectivity index (χ2v) is 5.94. The van der Waals surface area contributed by atoms with Crippen molar-refractivity contribution in [2.45, 2.75) is 12.5 Å². The van der Waals surface area contributed by atoms with Gasteiger partial charge in [0.2, 0.25) is 0 Å². The molecule has 1 unspecified atom stereocenters. The molecule has 1 atom stereocenters. The van der Waals surface area contributed by atoms with Crippen molar-refractivity contribution in [1.82, 2.24) is 4.90 Å². The maximum atomic E-state index is 12.3. The summed E-state index contributed by atoms with van der Waals surface area (Å²) < 4.78 is 5.40. The molecular formula is C19H15N3O5. The highest BCUT2D eigenvalue weighted by Crippen LogP contribution is 2.25. The Hall–Kier alpha value is -3.57. The van der Waals surface area contributed by atoms with Gasteiger partial charge in [-0.1, -0.05) is 12.1 Å². The Morgan fingerprint density at radius 1 is 1.15 bits per heavy atom. The molecule has 3 rings (SSSR count). The van der Waals surface area contributed by atoms with E-state index in [2.05, 4.69) is 5.18 Å². The van der Waals surface area contributed by atoms with Crippen LogP contribution in [0.3, 0.4) is 0 Å². The summed E-state index contributed by atoms with van der Waals surface area (Å²) in [5, 5.41) is 21.9. The summed E-state index contributed by atoms with van der Waals surface area (Å²) in [6, 6.07) is 12.6. The molecule has 1 aliphatic rings. The van der Waals surface area contributed by atoms with Crippen LogP contribution in [0.2, 0.25) is 0 Å². The molecule has 1 aliphatic heterocycles. The van der Waals surface area contributed by atoms with Gasteiger partial charge < -0.3 is 9.84 Å². The van der Waals surface area contributed by atoms with Gasteiger partial charge >= 0.3 is 0 Å². The number of carbonyl (C=O) groups excluding carboxylic acids is 2. The molecule has 8 heteroatoms. The number of carbonyl (C=O) groups is 2. The number of hydrogen-bond acceptors (Lipinski definition) is 7. The van der Waals surface area contributed by atoms with Crippen molar-refractivity contribution < 1.29 is 19.4 Å². The number of benzene rings is 2. The average Bonchev–Trinajstić information content (AvgIpc) is 2.95. The molecule has 0 fully saturated rings. The highest BCUT2D eigenvalue weighted by molar-refractivity contribution is 6.21. The third-order valence-corrected chi connectivity index (χ3v) is 4.19. The molecular weight excluding hydrogens is 350 g/mol. The number of imide groups is 1. The Morgan fingerprint density at radius 3 is 2.41 bits per heavy atom. The molecule has 27 heavy (non-hydrogen) atoms. The van der Waals surface area contributed by atoms with Crippen molar-refractivity contribution >= 4 is 17.5 Å². The van der Waals surface area contributed by atoms with Crippen LogP contribution in [0.4, 0.5) is 5.69 Å². The Balaban J connectivity index is 1.58. The number of ether oxygens (including phenoxy) is 1. The van der Waals surface area contributed by atoms with Gasteiger partial charge in [0.15, 0.2) is 0 Å². The number of nitroso groups, excluding NO2 is 1. The lowest BCUT2D eigenvalue weighted by atomic mass is 10.1. The maximum absolute atomic E-state index is 12.3. The topological polar surface area (TPSA) is 120 Å². The predicted octanol–water partition coefficient (Wildman–Crippen LogP) is 2.38. The van der Waals surface area contributed by atoms with E-state index in [0.717, 1.165) is 4.90 Å². The van der Waals surface area contributed by atoms with Crippen LogP contribution in [0.25, 0.3) is 0 Å². The minimum Gasteiger partial charge on any atom is -0.489 e.